The Morgan fingerprint density at radius 1 is 0.938 bits per heavy atom. The molecule has 0 amide bonds. The van der Waals surface area contributed by atoms with E-state index in [1.807, 2.05) is 54.6 Å². The average molecular weight is 231 g/mol. The van der Waals surface area contributed by atoms with Gasteiger partial charge in [0.05, 0.1) is 11.9 Å². The normalized spacial score (nSPS) is 10.6. The van der Waals surface area contributed by atoms with Gasteiger partial charge >= 0.3 is 0 Å². The molecule has 0 fully saturated rings. The molecule has 0 heterocycles. The average Bonchev–Trinajstić information content (AvgIpc) is 2.33. The fourth-order valence-electron chi connectivity index (χ4n) is 1.27. The third-order valence-electron chi connectivity index (χ3n) is 2.08. The number of nitrogens with zero attached hydrogens (tertiary/aromatic N) is 1. The SMILES string of the molecule is Clc1ccccc1C=NNc1ccccc1. The number of nitrogens with one attached hydrogen (secondary N) is 1. The Bertz CT molecular complexity index is 480. The minimum Gasteiger partial charge on any atom is -0.279 e. The summed E-state index contributed by atoms with van der Waals surface area (Å²) in [4.78, 5) is 0. The van der Waals surface area contributed by atoms with Crippen LogP contribution in [0.3, 0.4) is 0 Å². The summed E-state index contributed by atoms with van der Waals surface area (Å²) in [5.74, 6) is 0. The van der Waals surface area contributed by atoms with Gasteiger partial charge in [-0.2, -0.15) is 5.10 Å². The lowest BCUT2D eigenvalue weighted by Gasteiger charge is -1.99. The van der Waals surface area contributed by atoms with Crippen molar-refractivity contribution in [1.29, 1.82) is 0 Å². The molecule has 2 nitrogen and oxygen atoms in total. The highest BCUT2D eigenvalue weighted by Crippen LogP contribution is 2.12. The first-order chi connectivity index (χ1) is 7.86. The van der Waals surface area contributed by atoms with Crippen LogP contribution in [-0.4, -0.2) is 6.21 Å². The molecule has 0 aliphatic heterocycles. The molecule has 3 heteroatoms. The van der Waals surface area contributed by atoms with E-state index in [-0.39, 0.29) is 0 Å². The first-order valence-corrected chi connectivity index (χ1v) is 5.33. The molecule has 80 valence electrons. The van der Waals surface area contributed by atoms with Crippen LogP contribution in [0.1, 0.15) is 5.56 Å². The molecule has 16 heavy (non-hydrogen) atoms. The molecule has 2 aromatic rings. The second-order valence-corrected chi connectivity index (χ2v) is 3.66. The van der Waals surface area contributed by atoms with Crippen molar-refractivity contribution in [2.45, 2.75) is 0 Å². The Labute approximate surface area is 99.6 Å². The van der Waals surface area contributed by atoms with Gasteiger partial charge in [-0.15, -0.1) is 0 Å². The molecule has 0 atom stereocenters. The van der Waals surface area contributed by atoms with Crippen molar-refractivity contribution in [3.05, 3.63) is 65.2 Å². The van der Waals surface area contributed by atoms with Crippen molar-refractivity contribution in [1.82, 2.24) is 0 Å². The number of benzene rings is 2. The maximum Gasteiger partial charge on any atom is 0.0561 e. The van der Waals surface area contributed by atoms with Gasteiger partial charge in [-0.3, -0.25) is 5.43 Å². The Hall–Kier alpha value is -1.80. The van der Waals surface area contributed by atoms with E-state index in [0.29, 0.717) is 5.02 Å². The van der Waals surface area contributed by atoms with Crippen molar-refractivity contribution >= 4 is 23.5 Å². The summed E-state index contributed by atoms with van der Waals surface area (Å²) in [6.07, 6.45) is 1.70. The fraction of sp³-hybridized carbons (Fsp3) is 0. The van der Waals surface area contributed by atoms with E-state index in [2.05, 4.69) is 10.5 Å². The third-order valence-corrected chi connectivity index (χ3v) is 2.42. The second kappa shape index (κ2) is 5.33. The zero-order valence-electron chi connectivity index (χ0n) is 8.60. The van der Waals surface area contributed by atoms with Crippen LogP contribution < -0.4 is 5.43 Å². The van der Waals surface area contributed by atoms with Crippen LogP contribution in [0.15, 0.2) is 59.7 Å². The zero-order valence-corrected chi connectivity index (χ0v) is 9.35. The molecule has 0 saturated heterocycles. The molecular weight excluding hydrogens is 220 g/mol. The molecule has 0 aromatic heterocycles. The minimum atomic E-state index is 0.695. The number of anilines is 1. The molecule has 0 spiro atoms. The second-order valence-electron chi connectivity index (χ2n) is 3.26. The Morgan fingerprint density at radius 2 is 1.62 bits per heavy atom. The highest BCUT2D eigenvalue weighted by atomic mass is 35.5. The highest BCUT2D eigenvalue weighted by Gasteiger charge is 1.93. The molecule has 0 bridgehead atoms. The summed E-state index contributed by atoms with van der Waals surface area (Å²) in [5.41, 5.74) is 4.78. The maximum absolute atomic E-state index is 5.99. The van der Waals surface area contributed by atoms with Gasteiger partial charge in [-0.25, -0.2) is 0 Å². The number of rotatable bonds is 3. The summed E-state index contributed by atoms with van der Waals surface area (Å²) in [5, 5.41) is 4.81. The number of halogens is 1. The maximum atomic E-state index is 5.99. The number of hydrogen-bond acceptors (Lipinski definition) is 2. The molecular formula is C13H11ClN2. The van der Waals surface area contributed by atoms with Crippen LogP contribution in [0, 0.1) is 0 Å². The predicted molar refractivity (Wildman–Crippen MR) is 69.1 cm³/mol. The van der Waals surface area contributed by atoms with Crippen molar-refractivity contribution in [3.63, 3.8) is 0 Å². The van der Waals surface area contributed by atoms with Crippen LogP contribution >= 0.6 is 11.6 Å². The van der Waals surface area contributed by atoms with Gasteiger partial charge in [-0.1, -0.05) is 48.0 Å². The first-order valence-electron chi connectivity index (χ1n) is 4.95. The van der Waals surface area contributed by atoms with E-state index in [0.717, 1.165) is 11.3 Å². The summed E-state index contributed by atoms with van der Waals surface area (Å²) in [7, 11) is 0. The smallest absolute Gasteiger partial charge is 0.0561 e. The fourth-order valence-corrected chi connectivity index (χ4v) is 1.45. The van der Waals surface area contributed by atoms with E-state index in [1.165, 1.54) is 0 Å². The largest absolute Gasteiger partial charge is 0.279 e. The quantitative estimate of drug-likeness (QED) is 0.630. The molecule has 2 aromatic carbocycles. The van der Waals surface area contributed by atoms with Gasteiger partial charge < -0.3 is 0 Å². The number of hydrazone groups is 1. The molecule has 0 unspecified atom stereocenters. The zero-order chi connectivity index (χ0) is 11.2. The monoisotopic (exact) mass is 230 g/mol. The van der Waals surface area contributed by atoms with E-state index in [4.69, 9.17) is 11.6 Å². The van der Waals surface area contributed by atoms with Crippen molar-refractivity contribution in [2.24, 2.45) is 5.10 Å². The standard InChI is InChI=1S/C13H11ClN2/c14-13-9-5-4-6-11(13)10-15-16-12-7-2-1-3-8-12/h1-10,16H. The van der Waals surface area contributed by atoms with Crippen LogP contribution in [-0.2, 0) is 0 Å². The summed E-state index contributed by atoms with van der Waals surface area (Å²) >= 11 is 5.99. The Balaban J connectivity index is 2.03. The third kappa shape index (κ3) is 2.84. The van der Waals surface area contributed by atoms with Gasteiger partial charge in [0.1, 0.15) is 0 Å². The summed E-state index contributed by atoms with van der Waals surface area (Å²) in [6.45, 7) is 0. The molecule has 0 saturated carbocycles. The van der Waals surface area contributed by atoms with E-state index < -0.39 is 0 Å². The molecule has 0 aliphatic carbocycles. The summed E-state index contributed by atoms with van der Waals surface area (Å²) < 4.78 is 0. The molecule has 0 radical (unpaired) electrons. The van der Waals surface area contributed by atoms with Gasteiger partial charge in [0.2, 0.25) is 0 Å². The predicted octanol–water partition coefficient (Wildman–Crippen LogP) is 3.79. The molecule has 1 N–H and O–H groups in total. The van der Waals surface area contributed by atoms with Crippen LogP contribution in [0.5, 0.6) is 0 Å². The van der Waals surface area contributed by atoms with Gasteiger partial charge in [0.25, 0.3) is 0 Å². The lowest BCUT2D eigenvalue weighted by atomic mass is 10.2. The highest BCUT2D eigenvalue weighted by molar-refractivity contribution is 6.33. The topological polar surface area (TPSA) is 24.4 Å². The summed E-state index contributed by atoms with van der Waals surface area (Å²) in [6, 6.07) is 17.3. The van der Waals surface area contributed by atoms with Gasteiger partial charge in [-0.05, 0) is 18.2 Å². The van der Waals surface area contributed by atoms with Crippen molar-refractivity contribution in [2.75, 3.05) is 5.43 Å². The lowest BCUT2D eigenvalue weighted by molar-refractivity contribution is 1.35. The number of hydrogen-bond donors (Lipinski definition) is 1. The first kappa shape index (κ1) is 10.7. The Morgan fingerprint density at radius 3 is 2.38 bits per heavy atom. The Kier molecular flexibility index (Phi) is 3.57. The van der Waals surface area contributed by atoms with E-state index >= 15 is 0 Å². The molecule has 2 rings (SSSR count). The lowest BCUT2D eigenvalue weighted by Crippen LogP contribution is -1.90. The van der Waals surface area contributed by atoms with Gasteiger partial charge in [0.15, 0.2) is 0 Å². The minimum absolute atomic E-state index is 0.695. The van der Waals surface area contributed by atoms with Gasteiger partial charge in [0, 0.05) is 10.6 Å². The van der Waals surface area contributed by atoms with E-state index in [9.17, 15) is 0 Å². The molecule has 0 aliphatic rings. The van der Waals surface area contributed by atoms with E-state index in [1.54, 1.807) is 6.21 Å². The number of para-hydroxylation sites is 1. The van der Waals surface area contributed by atoms with Crippen LogP contribution in [0.25, 0.3) is 0 Å². The van der Waals surface area contributed by atoms with Crippen LogP contribution in [0.4, 0.5) is 5.69 Å². The van der Waals surface area contributed by atoms with Crippen LogP contribution in [0.2, 0.25) is 5.02 Å². The van der Waals surface area contributed by atoms with Crippen molar-refractivity contribution in [3.8, 4) is 0 Å². The van der Waals surface area contributed by atoms with Crippen molar-refractivity contribution < 1.29 is 0 Å².